The first kappa shape index (κ1) is 13.4. The van der Waals surface area contributed by atoms with Gasteiger partial charge >= 0.3 is 5.97 Å². The zero-order valence-electron chi connectivity index (χ0n) is 13.6. The molecule has 0 saturated carbocycles. The monoisotopic (exact) mass is 325 g/mol. The summed E-state index contributed by atoms with van der Waals surface area (Å²) in [7, 11) is 2.20. The van der Waals surface area contributed by atoms with E-state index in [1.165, 1.54) is 18.1 Å². The van der Waals surface area contributed by atoms with E-state index >= 15 is 0 Å². The fourth-order valence-corrected chi connectivity index (χ4v) is 6.26. The average molecular weight is 325 g/mol. The Balaban J connectivity index is 1.63. The van der Waals surface area contributed by atoms with Gasteiger partial charge < -0.3 is 14.6 Å². The van der Waals surface area contributed by atoms with Crippen molar-refractivity contribution in [3.63, 3.8) is 0 Å². The van der Waals surface area contributed by atoms with Gasteiger partial charge in [0.05, 0.1) is 0 Å². The number of aliphatic hydroxyl groups excluding tert-OH is 1. The number of nitrogens with zero attached hydrogens (tertiary/aromatic N) is 1. The van der Waals surface area contributed by atoms with Gasteiger partial charge in [0.2, 0.25) is 0 Å². The van der Waals surface area contributed by atoms with Crippen LogP contribution in [0.3, 0.4) is 0 Å². The molecule has 5 nitrogen and oxygen atoms in total. The van der Waals surface area contributed by atoms with Crippen LogP contribution in [0.25, 0.3) is 0 Å². The molecule has 124 valence electrons. The number of likely N-dealkylation sites (tertiary alicyclic amines) is 1. The third-order valence-electron chi connectivity index (χ3n) is 6.98. The molecule has 2 heterocycles. The molecule has 1 saturated heterocycles. The predicted octanol–water partition coefficient (Wildman–Crippen LogP) is 1.34. The Hall–Kier alpha value is -1.85. The maximum atomic E-state index is 11.5. The number of hydrogen-bond donors (Lipinski definition) is 1. The van der Waals surface area contributed by atoms with E-state index in [4.69, 9.17) is 9.47 Å². The number of fused-ring (bicyclic) bond motifs is 3. The molecule has 1 fully saturated rings. The first-order valence-electron chi connectivity index (χ1n) is 8.65. The number of carbonyl (C=O) groups is 1. The number of esters is 1. The van der Waals surface area contributed by atoms with Crippen LogP contribution in [0.4, 0.5) is 0 Å². The van der Waals surface area contributed by atoms with Crippen LogP contribution >= 0.6 is 0 Å². The number of likely N-dealkylation sites (N-methyl/N-ethyl adjacent to an activating group) is 1. The van der Waals surface area contributed by atoms with Crippen LogP contribution in [0.2, 0.25) is 0 Å². The van der Waals surface area contributed by atoms with Gasteiger partial charge in [0.1, 0.15) is 12.2 Å². The van der Waals surface area contributed by atoms with Gasteiger partial charge in [-0.25, -0.2) is 0 Å². The van der Waals surface area contributed by atoms with E-state index in [2.05, 4.69) is 24.1 Å². The fraction of sp³-hybridized carbons (Fsp3) is 0.526. The molecule has 6 rings (SSSR count). The van der Waals surface area contributed by atoms with Crippen molar-refractivity contribution in [3.05, 3.63) is 35.4 Å². The van der Waals surface area contributed by atoms with Crippen molar-refractivity contribution >= 4 is 5.97 Å². The third kappa shape index (κ3) is 1.24. The van der Waals surface area contributed by atoms with Crippen molar-refractivity contribution in [2.24, 2.45) is 5.92 Å². The molecule has 1 N–H and O–H groups in total. The predicted molar refractivity (Wildman–Crippen MR) is 85.2 cm³/mol. The van der Waals surface area contributed by atoms with Crippen molar-refractivity contribution in [1.82, 2.24) is 4.90 Å². The van der Waals surface area contributed by atoms with E-state index < -0.39 is 6.10 Å². The van der Waals surface area contributed by atoms with Crippen LogP contribution in [0.5, 0.6) is 11.5 Å². The minimum absolute atomic E-state index is 0.175. The van der Waals surface area contributed by atoms with Gasteiger partial charge in [0, 0.05) is 41.8 Å². The molecule has 8 atom stereocenters. The second kappa shape index (κ2) is 3.86. The minimum atomic E-state index is -0.619. The highest BCUT2D eigenvalue weighted by molar-refractivity contribution is 5.73. The largest absolute Gasteiger partial charge is 0.482 e. The fourth-order valence-electron chi connectivity index (χ4n) is 6.26. The quantitative estimate of drug-likeness (QED) is 0.365. The molecule has 1 spiro atoms. The summed E-state index contributed by atoms with van der Waals surface area (Å²) < 4.78 is 11.6. The van der Waals surface area contributed by atoms with Gasteiger partial charge in [-0.15, -0.1) is 0 Å². The molecule has 3 aliphatic carbocycles. The molecular weight excluding hydrogens is 306 g/mol. The summed E-state index contributed by atoms with van der Waals surface area (Å²) in [6.45, 7) is 1.40. The molecule has 1 aromatic carbocycles. The topological polar surface area (TPSA) is 58.8 Å². The van der Waals surface area contributed by atoms with E-state index in [0.29, 0.717) is 35.4 Å². The zero-order chi connectivity index (χ0) is 16.4. The third-order valence-corrected chi connectivity index (χ3v) is 6.98. The molecule has 2 aliphatic heterocycles. The number of hydrogen-bond acceptors (Lipinski definition) is 5. The SMILES string of the molecule is CC(=O)Oc1ccc2c3c1O[C@H]1[C@@H](O)C=C[C@H]4[C@H]5[C@@H]([C@H]2C[C@@]341)N5C. The van der Waals surface area contributed by atoms with Crippen LogP contribution in [0.15, 0.2) is 24.3 Å². The molecule has 0 aromatic heterocycles. The first-order valence-corrected chi connectivity index (χ1v) is 8.65. The van der Waals surface area contributed by atoms with Crippen LogP contribution in [-0.4, -0.2) is 47.3 Å². The van der Waals surface area contributed by atoms with Crippen LogP contribution in [0, 0.1) is 5.92 Å². The lowest BCUT2D eigenvalue weighted by molar-refractivity contribution is -0.132. The van der Waals surface area contributed by atoms with Crippen molar-refractivity contribution in [2.75, 3.05) is 7.05 Å². The Kier molecular flexibility index (Phi) is 2.16. The van der Waals surface area contributed by atoms with E-state index in [0.717, 1.165) is 6.42 Å². The summed E-state index contributed by atoms with van der Waals surface area (Å²) in [5.74, 6) is 1.67. The summed E-state index contributed by atoms with van der Waals surface area (Å²) in [4.78, 5) is 13.9. The Bertz CT molecular complexity index is 833. The Morgan fingerprint density at radius 1 is 1.38 bits per heavy atom. The lowest BCUT2D eigenvalue weighted by Crippen LogP contribution is -2.54. The van der Waals surface area contributed by atoms with Crippen molar-refractivity contribution in [3.8, 4) is 11.5 Å². The van der Waals surface area contributed by atoms with Crippen LogP contribution in [0.1, 0.15) is 30.4 Å². The second-order valence-electron chi connectivity index (χ2n) is 7.89. The standard InChI is InChI=1S/C19H19NO4/c1-8(21)23-13-6-3-9-10-7-19-11(16-15(10)20(16)2)4-5-12(22)18(19)24-17(13)14(9)19/h3-6,10-12,15-16,18,22H,7H2,1-2H3/t10-,11-,12-,15+,16-,18-,19-,20?/m0/s1. The molecular formula is C19H19NO4. The Morgan fingerprint density at radius 2 is 2.21 bits per heavy atom. The second-order valence-corrected chi connectivity index (χ2v) is 7.89. The maximum absolute atomic E-state index is 11.5. The maximum Gasteiger partial charge on any atom is 0.308 e. The molecule has 5 heteroatoms. The van der Waals surface area contributed by atoms with Gasteiger partial charge in [0.25, 0.3) is 0 Å². The van der Waals surface area contributed by atoms with E-state index in [-0.39, 0.29) is 17.5 Å². The molecule has 24 heavy (non-hydrogen) atoms. The van der Waals surface area contributed by atoms with Crippen LogP contribution < -0.4 is 9.47 Å². The molecule has 0 amide bonds. The number of carbonyl (C=O) groups excluding carboxylic acids is 1. The lowest BCUT2D eigenvalue weighted by atomic mass is 9.60. The normalized spacial score (nSPS) is 47.7. The Labute approximate surface area is 139 Å². The van der Waals surface area contributed by atoms with Gasteiger partial charge in [-0.1, -0.05) is 18.2 Å². The highest BCUT2D eigenvalue weighted by Crippen LogP contribution is 2.72. The average Bonchev–Trinajstić information content (AvgIpc) is 2.96. The number of aliphatic hydroxyl groups is 1. The molecule has 1 unspecified atom stereocenters. The van der Waals surface area contributed by atoms with Gasteiger partial charge in [-0.2, -0.15) is 0 Å². The van der Waals surface area contributed by atoms with E-state index in [1.54, 1.807) is 0 Å². The molecule has 1 aromatic rings. The smallest absolute Gasteiger partial charge is 0.308 e. The number of ether oxygens (including phenoxy) is 2. The number of rotatable bonds is 1. The van der Waals surface area contributed by atoms with Crippen molar-refractivity contribution < 1.29 is 19.4 Å². The van der Waals surface area contributed by atoms with Crippen molar-refractivity contribution in [2.45, 2.75) is 49.0 Å². The highest BCUT2D eigenvalue weighted by atomic mass is 16.6. The summed E-state index contributed by atoms with van der Waals surface area (Å²) in [6, 6.07) is 5.07. The van der Waals surface area contributed by atoms with Crippen molar-refractivity contribution in [1.29, 1.82) is 0 Å². The molecule has 2 bridgehead atoms. The molecule has 0 radical (unpaired) electrons. The first-order chi connectivity index (χ1) is 11.5. The van der Waals surface area contributed by atoms with Crippen LogP contribution in [-0.2, 0) is 10.2 Å². The minimum Gasteiger partial charge on any atom is -0.482 e. The van der Waals surface area contributed by atoms with E-state index in [1.807, 2.05) is 12.1 Å². The lowest BCUT2D eigenvalue weighted by Gasteiger charge is -2.44. The van der Waals surface area contributed by atoms with Gasteiger partial charge in [-0.3, -0.25) is 9.69 Å². The summed E-state index contributed by atoms with van der Waals surface area (Å²) in [5, 5.41) is 10.6. The van der Waals surface area contributed by atoms with Gasteiger partial charge in [0.15, 0.2) is 11.5 Å². The summed E-state index contributed by atoms with van der Waals surface area (Å²) in [6.07, 6.45) is 4.20. The van der Waals surface area contributed by atoms with Gasteiger partial charge in [-0.05, 0) is 25.1 Å². The Morgan fingerprint density at radius 3 is 3.00 bits per heavy atom. The summed E-state index contributed by atoms with van der Waals surface area (Å²) in [5.41, 5.74) is 2.35. The van der Waals surface area contributed by atoms with E-state index in [9.17, 15) is 9.90 Å². The zero-order valence-corrected chi connectivity index (χ0v) is 13.6. The summed E-state index contributed by atoms with van der Waals surface area (Å²) >= 11 is 0. The molecule has 5 aliphatic rings. The highest BCUT2D eigenvalue weighted by Gasteiger charge is 2.74. The number of benzene rings is 1.